The quantitative estimate of drug-likeness (QED) is 0.793. The van der Waals surface area contributed by atoms with Gasteiger partial charge >= 0.3 is 0 Å². The zero-order chi connectivity index (χ0) is 12.8. The lowest BCUT2D eigenvalue weighted by atomic mass is 10.0. The zero-order valence-electron chi connectivity index (χ0n) is 10.4. The summed E-state index contributed by atoms with van der Waals surface area (Å²) < 4.78 is 0. The first-order chi connectivity index (χ1) is 8.57. The number of carbonyl (C=O) groups excluding carboxylic acids is 1. The van der Waals surface area contributed by atoms with Gasteiger partial charge in [0.2, 0.25) is 0 Å². The average Bonchev–Trinajstić information content (AvgIpc) is 3.05. The molecular formula is C15H16N2O. The smallest absolute Gasteiger partial charge is 0.253 e. The summed E-state index contributed by atoms with van der Waals surface area (Å²) in [6, 6.07) is 11.6. The first-order valence-electron chi connectivity index (χ1n) is 6.18. The summed E-state index contributed by atoms with van der Waals surface area (Å²) in [6.07, 6.45) is 2.10. The van der Waals surface area contributed by atoms with Crippen LogP contribution < -0.4 is 11.1 Å². The van der Waals surface area contributed by atoms with Crippen molar-refractivity contribution in [3.8, 4) is 0 Å². The van der Waals surface area contributed by atoms with Crippen molar-refractivity contribution >= 4 is 22.4 Å². The van der Waals surface area contributed by atoms with Crippen LogP contribution >= 0.6 is 0 Å². The molecule has 3 N–H and O–H groups in total. The molecule has 92 valence electrons. The Bertz CT molecular complexity index is 629. The summed E-state index contributed by atoms with van der Waals surface area (Å²) >= 11 is 0. The molecular weight excluding hydrogens is 224 g/mol. The van der Waals surface area contributed by atoms with Gasteiger partial charge in [-0.25, -0.2) is 0 Å². The van der Waals surface area contributed by atoms with Crippen LogP contribution in [0.3, 0.4) is 0 Å². The molecule has 1 amide bonds. The second kappa shape index (κ2) is 3.73. The monoisotopic (exact) mass is 240 g/mol. The van der Waals surface area contributed by atoms with Gasteiger partial charge in [0.15, 0.2) is 0 Å². The average molecular weight is 240 g/mol. The van der Waals surface area contributed by atoms with E-state index in [4.69, 9.17) is 5.73 Å². The Labute approximate surface area is 106 Å². The van der Waals surface area contributed by atoms with E-state index in [1.54, 1.807) is 0 Å². The summed E-state index contributed by atoms with van der Waals surface area (Å²) in [7, 11) is 0. The molecule has 0 bridgehead atoms. The first kappa shape index (κ1) is 11.1. The molecule has 1 saturated carbocycles. The number of nitrogen functional groups attached to an aromatic ring is 1. The number of carbonyl (C=O) groups is 1. The fraction of sp³-hybridized carbons (Fsp3) is 0.267. The number of hydrogen-bond acceptors (Lipinski definition) is 2. The highest BCUT2D eigenvalue weighted by Crippen LogP contribution is 2.35. The van der Waals surface area contributed by atoms with Crippen LogP contribution in [0.25, 0.3) is 10.8 Å². The molecule has 3 nitrogen and oxygen atoms in total. The van der Waals surface area contributed by atoms with Crippen LogP contribution in [0.5, 0.6) is 0 Å². The molecule has 1 aliphatic rings. The SMILES string of the molecule is CC1(NC(=O)c2cc3ccccc3cc2N)CC1. The maximum atomic E-state index is 12.2. The van der Waals surface area contributed by atoms with E-state index in [2.05, 4.69) is 12.2 Å². The summed E-state index contributed by atoms with van der Waals surface area (Å²) in [5, 5.41) is 5.13. The lowest BCUT2D eigenvalue weighted by molar-refractivity contribution is 0.0936. The van der Waals surface area contributed by atoms with Gasteiger partial charge in [-0.3, -0.25) is 4.79 Å². The van der Waals surface area contributed by atoms with Gasteiger partial charge in [-0.2, -0.15) is 0 Å². The van der Waals surface area contributed by atoms with Crippen LogP contribution in [0.1, 0.15) is 30.1 Å². The van der Waals surface area contributed by atoms with Crippen LogP contribution in [0, 0.1) is 0 Å². The van der Waals surface area contributed by atoms with E-state index >= 15 is 0 Å². The Morgan fingerprint density at radius 3 is 2.44 bits per heavy atom. The van der Waals surface area contributed by atoms with Crippen LogP contribution in [0.2, 0.25) is 0 Å². The number of amides is 1. The van der Waals surface area contributed by atoms with Crippen molar-refractivity contribution in [2.24, 2.45) is 0 Å². The van der Waals surface area contributed by atoms with Crippen LogP contribution in [-0.2, 0) is 0 Å². The molecule has 1 aliphatic carbocycles. The highest BCUT2D eigenvalue weighted by atomic mass is 16.1. The fourth-order valence-electron chi connectivity index (χ4n) is 2.11. The number of hydrogen-bond donors (Lipinski definition) is 2. The van der Waals surface area contributed by atoms with Gasteiger partial charge < -0.3 is 11.1 Å². The molecule has 18 heavy (non-hydrogen) atoms. The van der Waals surface area contributed by atoms with Gasteiger partial charge in [0, 0.05) is 11.2 Å². The van der Waals surface area contributed by atoms with Gasteiger partial charge in [-0.05, 0) is 42.7 Å². The summed E-state index contributed by atoms with van der Waals surface area (Å²) in [5.41, 5.74) is 7.06. The van der Waals surface area contributed by atoms with Crippen LogP contribution in [-0.4, -0.2) is 11.4 Å². The first-order valence-corrected chi connectivity index (χ1v) is 6.18. The van der Waals surface area contributed by atoms with E-state index in [1.165, 1.54) is 0 Å². The third-order valence-electron chi connectivity index (χ3n) is 3.58. The molecule has 0 saturated heterocycles. The van der Waals surface area contributed by atoms with Crippen molar-refractivity contribution in [3.05, 3.63) is 42.0 Å². The van der Waals surface area contributed by atoms with E-state index in [1.807, 2.05) is 36.4 Å². The number of benzene rings is 2. The Balaban J connectivity index is 2.00. The molecule has 3 heteroatoms. The maximum Gasteiger partial charge on any atom is 0.253 e. The highest BCUT2D eigenvalue weighted by Gasteiger charge is 2.39. The number of anilines is 1. The maximum absolute atomic E-state index is 12.2. The molecule has 1 fully saturated rings. The van der Waals surface area contributed by atoms with Crippen molar-refractivity contribution in [2.45, 2.75) is 25.3 Å². The van der Waals surface area contributed by atoms with Gasteiger partial charge in [0.1, 0.15) is 0 Å². The van der Waals surface area contributed by atoms with Gasteiger partial charge in [0.05, 0.1) is 5.56 Å². The highest BCUT2D eigenvalue weighted by molar-refractivity contribution is 6.04. The summed E-state index contributed by atoms with van der Waals surface area (Å²) in [4.78, 5) is 12.2. The molecule has 0 heterocycles. The van der Waals surface area contributed by atoms with E-state index in [0.717, 1.165) is 23.6 Å². The minimum Gasteiger partial charge on any atom is -0.398 e. The third-order valence-corrected chi connectivity index (χ3v) is 3.58. The number of nitrogens with one attached hydrogen (secondary N) is 1. The molecule has 3 rings (SSSR count). The lowest BCUT2D eigenvalue weighted by Gasteiger charge is -2.13. The van der Waals surface area contributed by atoms with Crippen LogP contribution in [0.4, 0.5) is 5.69 Å². The van der Waals surface area contributed by atoms with E-state index < -0.39 is 0 Å². The minimum absolute atomic E-state index is 0.0187. The van der Waals surface area contributed by atoms with Gasteiger partial charge in [-0.15, -0.1) is 0 Å². The predicted octanol–water partition coefficient (Wildman–Crippen LogP) is 2.70. The molecule has 0 unspecified atom stereocenters. The van der Waals surface area contributed by atoms with E-state index in [-0.39, 0.29) is 11.4 Å². The fourth-order valence-corrected chi connectivity index (χ4v) is 2.11. The minimum atomic E-state index is -0.0711. The summed E-state index contributed by atoms with van der Waals surface area (Å²) in [5.74, 6) is -0.0711. The van der Waals surface area contributed by atoms with Gasteiger partial charge in [0.25, 0.3) is 5.91 Å². The molecule has 0 spiro atoms. The normalized spacial score (nSPS) is 16.5. The molecule has 0 atom stereocenters. The van der Waals surface area contributed by atoms with Crippen molar-refractivity contribution in [2.75, 3.05) is 5.73 Å². The molecule has 0 radical (unpaired) electrons. The molecule has 0 aliphatic heterocycles. The van der Waals surface area contributed by atoms with Crippen LogP contribution in [0.15, 0.2) is 36.4 Å². The molecule has 0 aromatic heterocycles. The van der Waals surface area contributed by atoms with Crippen molar-refractivity contribution < 1.29 is 4.79 Å². The Morgan fingerprint density at radius 2 is 1.83 bits per heavy atom. The zero-order valence-corrected chi connectivity index (χ0v) is 10.4. The van der Waals surface area contributed by atoms with E-state index in [9.17, 15) is 4.79 Å². The second-order valence-corrected chi connectivity index (χ2v) is 5.30. The second-order valence-electron chi connectivity index (χ2n) is 5.30. The number of rotatable bonds is 2. The number of nitrogens with two attached hydrogens (primary N) is 1. The largest absolute Gasteiger partial charge is 0.398 e. The molecule has 2 aromatic rings. The lowest BCUT2D eigenvalue weighted by Crippen LogP contribution is -2.34. The van der Waals surface area contributed by atoms with Crippen molar-refractivity contribution in [1.82, 2.24) is 5.32 Å². The third kappa shape index (κ3) is 1.92. The van der Waals surface area contributed by atoms with Gasteiger partial charge in [-0.1, -0.05) is 24.3 Å². The Hall–Kier alpha value is -2.03. The standard InChI is InChI=1S/C15H16N2O/c1-15(6-7-15)17-14(18)12-8-10-4-2-3-5-11(10)9-13(12)16/h2-5,8-9H,6-7,16H2,1H3,(H,17,18). The predicted molar refractivity (Wildman–Crippen MR) is 73.5 cm³/mol. The van der Waals surface area contributed by atoms with Crippen molar-refractivity contribution in [3.63, 3.8) is 0 Å². The summed E-state index contributed by atoms with van der Waals surface area (Å²) in [6.45, 7) is 2.06. The Morgan fingerprint density at radius 1 is 1.22 bits per heavy atom. The van der Waals surface area contributed by atoms with E-state index in [0.29, 0.717) is 11.3 Å². The van der Waals surface area contributed by atoms with Crippen molar-refractivity contribution in [1.29, 1.82) is 0 Å². The number of fused-ring (bicyclic) bond motifs is 1. The Kier molecular flexibility index (Phi) is 2.30. The topological polar surface area (TPSA) is 55.1 Å². The molecule has 2 aromatic carbocycles.